The highest BCUT2D eigenvalue weighted by Gasteiger charge is 2.23. The smallest absolute Gasteiger partial charge is 0.284 e. The van der Waals surface area contributed by atoms with E-state index in [9.17, 15) is 18.5 Å². The maximum absolute atomic E-state index is 11.6. The molecule has 3 rings (SSSR count). The first-order chi connectivity index (χ1) is 11.8. The van der Waals surface area contributed by atoms with Crippen LogP contribution in [0.5, 0.6) is 0 Å². The number of hydrogen-bond acceptors (Lipinski definition) is 9. The molecule has 0 saturated carbocycles. The van der Waals surface area contributed by atoms with Crippen LogP contribution in [0.1, 0.15) is 12.8 Å². The summed E-state index contributed by atoms with van der Waals surface area (Å²) in [6, 6.07) is 3.77. The van der Waals surface area contributed by atoms with E-state index in [0.717, 1.165) is 36.9 Å². The minimum Gasteiger partial charge on any atom is -0.376 e. The van der Waals surface area contributed by atoms with Crippen LogP contribution >= 0.6 is 11.8 Å². The molecule has 1 fully saturated rings. The Labute approximate surface area is 147 Å². The molecule has 1 unspecified atom stereocenters. The summed E-state index contributed by atoms with van der Waals surface area (Å²) in [4.78, 5) is 10.8. The summed E-state index contributed by atoms with van der Waals surface area (Å²) >= 11 is 1.01. The van der Waals surface area contributed by atoms with Crippen molar-refractivity contribution < 1.29 is 18.1 Å². The van der Waals surface area contributed by atoms with Crippen molar-refractivity contribution in [3.8, 4) is 0 Å². The van der Waals surface area contributed by atoms with Gasteiger partial charge in [0.2, 0.25) is 5.16 Å². The number of nitro benzene ring substituents is 1. The van der Waals surface area contributed by atoms with E-state index in [-0.39, 0.29) is 21.6 Å². The number of benzene rings is 1. The van der Waals surface area contributed by atoms with Crippen LogP contribution in [0, 0.1) is 10.1 Å². The fraction of sp³-hybridized carbons (Fsp3) is 0.462. The van der Waals surface area contributed by atoms with E-state index in [0.29, 0.717) is 18.3 Å². The average Bonchev–Trinajstić information content (AvgIpc) is 3.19. The minimum atomic E-state index is -3.54. The van der Waals surface area contributed by atoms with Crippen molar-refractivity contribution in [2.75, 3.05) is 12.9 Å². The van der Waals surface area contributed by atoms with Crippen molar-refractivity contribution in [3.05, 3.63) is 28.3 Å². The van der Waals surface area contributed by atoms with Gasteiger partial charge in [-0.3, -0.25) is 10.1 Å². The summed E-state index contributed by atoms with van der Waals surface area (Å²) < 4.78 is 30.3. The molecule has 0 amide bonds. The first-order valence-electron chi connectivity index (χ1n) is 7.39. The fourth-order valence-corrected chi connectivity index (χ4v) is 3.93. The molecule has 1 aromatic carbocycles. The number of nitrogens with zero attached hydrogens (tertiary/aromatic N) is 5. The van der Waals surface area contributed by atoms with E-state index >= 15 is 0 Å². The second kappa shape index (κ2) is 7.06. The van der Waals surface area contributed by atoms with Crippen LogP contribution < -0.4 is 0 Å². The highest BCUT2D eigenvalue weighted by molar-refractivity contribution is 7.99. The quantitative estimate of drug-likeness (QED) is 0.533. The topological polar surface area (TPSA) is 130 Å². The van der Waals surface area contributed by atoms with Crippen molar-refractivity contribution in [2.24, 2.45) is 0 Å². The third-order valence-electron chi connectivity index (χ3n) is 3.66. The first kappa shape index (κ1) is 17.8. The number of ether oxygens (including phenoxy) is 1. The van der Waals surface area contributed by atoms with Crippen LogP contribution in [0.15, 0.2) is 33.1 Å². The molecule has 1 saturated heterocycles. The van der Waals surface area contributed by atoms with Crippen LogP contribution in [0.4, 0.5) is 5.69 Å². The second-order valence-corrected chi connectivity index (χ2v) is 8.56. The van der Waals surface area contributed by atoms with Gasteiger partial charge in [0.05, 0.1) is 27.4 Å². The third-order valence-corrected chi connectivity index (χ3v) is 5.81. The van der Waals surface area contributed by atoms with Crippen LogP contribution in [-0.2, 0) is 21.1 Å². The summed E-state index contributed by atoms with van der Waals surface area (Å²) in [6.45, 7) is 1.16. The Kier molecular flexibility index (Phi) is 5.01. The third kappa shape index (κ3) is 4.14. The average molecular weight is 385 g/mol. The van der Waals surface area contributed by atoms with E-state index in [2.05, 4.69) is 15.5 Å². The molecule has 1 aliphatic heterocycles. The van der Waals surface area contributed by atoms with Gasteiger partial charge in [-0.15, -0.1) is 5.10 Å². The van der Waals surface area contributed by atoms with Crippen LogP contribution in [-0.4, -0.2) is 52.5 Å². The Hall–Kier alpha value is -2.05. The van der Waals surface area contributed by atoms with Gasteiger partial charge in [0.25, 0.3) is 5.69 Å². The molecule has 134 valence electrons. The van der Waals surface area contributed by atoms with E-state index in [1.807, 2.05) is 0 Å². The van der Waals surface area contributed by atoms with Gasteiger partial charge < -0.3 is 4.74 Å². The summed E-state index contributed by atoms with van der Waals surface area (Å²) in [5.41, 5.74) is -0.306. The first-order valence-corrected chi connectivity index (χ1v) is 10.1. The van der Waals surface area contributed by atoms with Gasteiger partial charge in [-0.2, -0.15) is 0 Å². The highest BCUT2D eigenvalue weighted by Crippen LogP contribution is 2.35. The lowest BCUT2D eigenvalue weighted by molar-refractivity contribution is -0.388. The number of tetrazole rings is 1. The van der Waals surface area contributed by atoms with Gasteiger partial charge in [-0.25, -0.2) is 13.1 Å². The molecule has 1 atom stereocenters. The predicted octanol–water partition coefficient (Wildman–Crippen LogP) is 1.31. The molecule has 12 heteroatoms. The Bertz CT molecular complexity index is 892. The molecule has 2 aromatic rings. The van der Waals surface area contributed by atoms with Gasteiger partial charge in [0.1, 0.15) is 0 Å². The number of nitro groups is 1. The van der Waals surface area contributed by atoms with Crippen molar-refractivity contribution in [3.63, 3.8) is 0 Å². The lowest BCUT2D eigenvalue weighted by Gasteiger charge is -2.10. The second-order valence-electron chi connectivity index (χ2n) is 5.54. The Balaban J connectivity index is 1.88. The van der Waals surface area contributed by atoms with Crippen molar-refractivity contribution in [1.29, 1.82) is 0 Å². The zero-order chi connectivity index (χ0) is 18.0. The molecule has 0 N–H and O–H groups in total. The van der Waals surface area contributed by atoms with Crippen molar-refractivity contribution >= 4 is 27.3 Å². The monoisotopic (exact) mass is 385 g/mol. The SMILES string of the molecule is CS(=O)(=O)c1ccc(Sc2nnnn2CC2CCCO2)c([N+](=O)[O-])c1. The van der Waals surface area contributed by atoms with Gasteiger partial charge in [0, 0.05) is 18.9 Å². The Morgan fingerprint density at radius 3 is 2.92 bits per heavy atom. The predicted molar refractivity (Wildman–Crippen MR) is 87.1 cm³/mol. The zero-order valence-corrected chi connectivity index (χ0v) is 14.9. The molecular formula is C13H15N5O5S2. The van der Waals surface area contributed by atoms with Gasteiger partial charge in [0.15, 0.2) is 9.84 Å². The Morgan fingerprint density at radius 2 is 2.28 bits per heavy atom. The van der Waals surface area contributed by atoms with Crippen molar-refractivity contribution in [2.45, 2.75) is 40.4 Å². The maximum Gasteiger partial charge on any atom is 0.284 e. The molecule has 0 spiro atoms. The lowest BCUT2D eigenvalue weighted by Crippen LogP contribution is -2.16. The largest absolute Gasteiger partial charge is 0.376 e. The molecule has 10 nitrogen and oxygen atoms in total. The van der Waals surface area contributed by atoms with Gasteiger partial charge >= 0.3 is 0 Å². The molecule has 0 radical (unpaired) electrons. The normalized spacial score (nSPS) is 17.7. The molecule has 1 aliphatic rings. The number of rotatable bonds is 6. The van der Waals surface area contributed by atoms with E-state index in [1.54, 1.807) is 0 Å². The van der Waals surface area contributed by atoms with Gasteiger partial charge in [-0.05, 0) is 47.2 Å². The molecule has 2 heterocycles. The molecule has 0 bridgehead atoms. The van der Waals surface area contributed by atoms with Crippen LogP contribution in [0.3, 0.4) is 0 Å². The molecule has 0 aliphatic carbocycles. The minimum absolute atomic E-state index is 0.0189. The van der Waals surface area contributed by atoms with E-state index < -0.39 is 14.8 Å². The standard InChI is InChI=1S/C13H15N5O5S2/c1-25(21,22)10-4-5-12(11(7-10)18(19)20)24-13-14-15-16-17(13)8-9-3-2-6-23-9/h4-5,7,9H,2-3,6,8H2,1H3. The maximum atomic E-state index is 11.6. The molecule has 25 heavy (non-hydrogen) atoms. The van der Waals surface area contributed by atoms with Crippen LogP contribution in [0.2, 0.25) is 0 Å². The summed E-state index contributed by atoms with van der Waals surface area (Å²) in [7, 11) is -3.54. The lowest BCUT2D eigenvalue weighted by atomic mass is 10.2. The number of hydrogen-bond donors (Lipinski definition) is 0. The van der Waals surface area contributed by atoms with E-state index in [4.69, 9.17) is 4.74 Å². The molecule has 1 aromatic heterocycles. The fourth-order valence-electron chi connectivity index (χ4n) is 2.42. The summed E-state index contributed by atoms with van der Waals surface area (Å²) in [5.74, 6) is 0. The number of aromatic nitrogens is 4. The van der Waals surface area contributed by atoms with Crippen molar-refractivity contribution in [1.82, 2.24) is 20.2 Å². The zero-order valence-electron chi connectivity index (χ0n) is 13.2. The summed E-state index contributed by atoms with van der Waals surface area (Å²) in [5, 5.41) is 23.1. The van der Waals surface area contributed by atoms with Crippen LogP contribution in [0.25, 0.3) is 0 Å². The highest BCUT2D eigenvalue weighted by atomic mass is 32.2. The summed E-state index contributed by atoms with van der Waals surface area (Å²) in [6.07, 6.45) is 2.91. The van der Waals surface area contributed by atoms with Gasteiger partial charge in [-0.1, -0.05) is 0 Å². The van der Waals surface area contributed by atoms with E-state index in [1.165, 1.54) is 16.8 Å². The molecular weight excluding hydrogens is 370 g/mol. The number of sulfone groups is 1. The Morgan fingerprint density at radius 1 is 1.48 bits per heavy atom.